The number of nitrogens with zero attached hydrogens (tertiary/aromatic N) is 2. The fourth-order valence-corrected chi connectivity index (χ4v) is 4.62. The lowest BCUT2D eigenvalue weighted by Crippen LogP contribution is -2.42. The van der Waals surface area contributed by atoms with Gasteiger partial charge in [0.2, 0.25) is 10.0 Å². The molecular weight excluding hydrogens is 308 g/mol. The number of alkyl halides is 1. The van der Waals surface area contributed by atoms with Crippen molar-refractivity contribution in [3.63, 3.8) is 0 Å². The van der Waals surface area contributed by atoms with Crippen molar-refractivity contribution in [2.45, 2.75) is 45.4 Å². The maximum absolute atomic E-state index is 12.2. The van der Waals surface area contributed by atoms with Gasteiger partial charge in [0.05, 0.1) is 5.75 Å². The van der Waals surface area contributed by atoms with Crippen LogP contribution in [0.15, 0.2) is 0 Å². The summed E-state index contributed by atoms with van der Waals surface area (Å²) in [6.07, 6.45) is 5.90. The minimum absolute atomic E-state index is 0.251. The smallest absolute Gasteiger partial charge is 0.214 e. The van der Waals surface area contributed by atoms with Crippen LogP contribution in [0, 0.1) is 5.92 Å². The van der Waals surface area contributed by atoms with Gasteiger partial charge in [0, 0.05) is 25.5 Å². The number of rotatable bonds is 10. The van der Waals surface area contributed by atoms with Crippen molar-refractivity contribution < 1.29 is 8.42 Å². The monoisotopic (exact) mass is 338 g/mol. The summed E-state index contributed by atoms with van der Waals surface area (Å²) in [6, 6.07) is 0. The van der Waals surface area contributed by atoms with Gasteiger partial charge in [-0.1, -0.05) is 13.3 Å². The number of hydrogen-bond acceptors (Lipinski definition) is 3. The number of halogens is 1. The summed E-state index contributed by atoms with van der Waals surface area (Å²) < 4.78 is 26.1. The second-order valence-electron chi connectivity index (χ2n) is 6.17. The third-order valence-corrected chi connectivity index (χ3v) is 6.44. The van der Waals surface area contributed by atoms with Crippen LogP contribution in [0.2, 0.25) is 0 Å². The van der Waals surface area contributed by atoms with Crippen LogP contribution in [0.1, 0.15) is 45.4 Å². The van der Waals surface area contributed by atoms with Gasteiger partial charge in [0.15, 0.2) is 0 Å². The SMILES string of the molecule is CCCCN(C)CC1CCN(S(=O)(=O)CCCCCl)CC1. The predicted octanol–water partition coefficient (Wildman–Crippen LogP) is 2.78. The van der Waals surface area contributed by atoms with Gasteiger partial charge in [0.1, 0.15) is 0 Å². The fraction of sp³-hybridized carbons (Fsp3) is 1.00. The molecule has 0 saturated carbocycles. The molecule has 0 N–H and O–H groups in total. The predicted molar refractivity (Wildman–Crippen MR) is 90.4 cm³/mol. The summed E-state index contributed by atoms with van der Waals surface area (Å²) in [5.41, 5.74) is 0. The molecule has 0 aliphatic carbocycles. The summed E-state index contributed by atoms with van der Waals surface area (Å²) in [5, 5.41) is 0. The minimum Gasteiger partial charge on any atom is -0.306 e. The van der Waals surface area contributed by atoms with Gasteiger partial charge in [0.25, 0.3) is 0 Å². The van der Waals surface area contributed by atoms with E-state index in [1.807, 2.05) is 0 Å². The lowest BCUT2D eigenvalue weighted by atomic mass is 9.97. The summed E-state index contributed by atoms with van der Waals surface area (Å²) in [4.78, 5) is 2.39. The van der Waals surface area contributed by atoms with Crippen LogP contribution in [0.25, 0.3) is 0 Å². The second-order valence-corrected chi connectivity index (χ2v) is 8.64. The Morgan fingerprint density at radius 3 is 2.43 bits per heavy atom. The zero-order chi connectivity index (χ0) is 15.7. The zero-order valence-corrected chi connectivity index (χ0v) is 15.1. The topological polar surface area (TPSA) is 40.6 Å². The maximum atomic E-state index is 12.2. The van der Waals surface area contributed by atoms with Crippen LogP contribution in [0.3, 0.4) is 0 Å². The molecule has 0 bridgehead atoms. The molecule has 1 aliphatic rings. The van der Waals surface area contributed by atoms with Crippen LogP contribution >= 0.6 is 11.6 Å². The molecule has 126 valence electrons. The molecule has 1 rings (SSSR count). The number of sulfonamides is 1. The largest absolute Gasteiger partial charge is 0.306 e. The van der Waals surface area contributed by atoms with Gasteiger partial charge in [-0.05, 0) is 51.6 Å². The standard InChI is InChI=1S/C15H31ClN2O2S/c1-3-4-10-17(2)14-15-7-11-18(12-8-15)21(19,20)13-6-5-9-16/h15H,3-14H2,1-2H3. The highest BCUT2D eigenvalue weighted by atomic mass is 35.5. The molecule has 1 aliphatic heterocycles. The molecule has 0 aromatic rings. The first-order valence-corrected chi connectivity index (χ1v) is 10.4. The lowest BCUT2D eigenvalue weighted by molar-refractivity contribution is 0.204. The van der Waals surface area contributed by atoms with E-state index in [0.29, 0.717) is 31.3 Å². The molecule has 6 heteroatoms. The first kappa shape index (κ1) is 19.2. The molecule has 1 heterocycles. The molecule has 1 saturated heterocycles. The quantitative estimate of drug-likeness (QED) is 0.454. The first-order chi connectivity index (χ1) is 9.99. The molecule has 21 heavy (non-hydrogen) atoms. The van der Waals surface area contributed by atoms with E-state index < -0.39 is 10.0 Å². The summed E-state index contributed by atoms with van der Waals surface area (Å²) in [7, 11) is -0.889. The average molecular weight is 339 g/mol. The van der Waals surface area contributed by atoms with Gasteiger partial charge in [-0.25, -0.2) is 12.7 Å². The number of piperidine rings is 1. The van der Waals surface area contributed by atoms with E-state index in [1.54, 1.807) is 4.31 Å². The Kier molecular flexibility index (Phi) is 9.18. The van der Waals surface area contributed by atoms with Crippen LogP contribution in [0.5, 0.6) is 0 Å². The van der Waals surface area contributed by atoms with Crippen LogP contribution < -0.4 is 0 Å². The van der Waals surface area contributed by atoms with E-state index in [1.165, 1.54) is 12.8 Å². The Hall–Kier alpha value is 0.160. The van der Waals surface area contributed by atoms with E-state index in [9.17, 15) is 8.42 Å². The van der Waals surface area contributed by atoms with E-state index >= 15 is 0 Å². The highest BCUT2D eigenvalue weighted by Crippen LogP contribution is 2.21. The Balaban J connectivity index is 2.31. The normalized spacial score (nSPS) is 18.5. The highest BCUT2D eigenvalue weighted by molar-refractivity contribution is 7.89. The van der Waals surface area contributed by atoms with Crippen molar-refractivity contribution in [1.82, 2.24) is 9.21 Å². The Morgan fingerprint density at radius 2 is 1.86 bits per heavy atom. The Bertz CT molecular complexity index is 368. The maximum Gasteiger partial charge on any atom is 0.214 e. The molecule has 1 fully saturated rings. The minimum atomic E-state index is -3.06. The van der Waals surface area contributed by atoms with E-state index in [-0.39, 0.29) is 5.75 Å². The van der Waals surface area contributed by atoms with Gasteiger partial charge >= 0.3 is 0 Å². The second kappa shape index (κ2) is 10.0. The van der Waals surface area contributed by atoms with E-state index in [4.69, 9.17) is 11.6 Å². The molecule has 4 nitrogen and oxygen atoms in total. The van der Waals surface area contributed by atoms with Gasteiger partial charge < -0.3 is 4.90 Å². The molecule has 0 spiro atoms. The Morgan fingerprint density at radius 1 is 1.19 bits per heavy atom. The highest BCUT2D eigenvalue weighted by Gasteiger charge is 2.27. The molecule has 0 amide bonds. The van der Waals surface area contributed by atoms with Gasteiger partial charge in [-0.3, -0.25) is 0 Å². The van der Waals surface area contributed by atoms with Crippen molar-refractivity contribution >= 4 is 21.6 Å². The zero-order valence-electron chi connectivity index (χ0n) is 13.6. The third kappa shape index (κ3) is 7.31. The molecule has 0 aromatic heterocycles. The van der Waals surface area contributed by atoms with Gasteiger partial charge in [-0.15, -0.1) is 11.6 Å². The van der Waals surface area contributed by atoms with Crippen molar-refractivity contribution in [3.8, 4) is 0 Å². The molecular formula is C15H31ClN2O2S. The van der Waals surface area contributed by atoms with Crippen LogP contribution in [0.4, 0.5) is 0 Å². The third-order valence-electron chi connectivity index (χ3n) is 4.22. The summed E-state index contributed by atoms with van der Waals surface area (Å²) in [5.74, 6) is 1.43. The molecule has 0 radical (unpaired) electrons. The lowest BCUT2D eigenvalue weighted by Gasteiger charge is -2.33. The first-order valence-electron chi connectivity index (χ1n) is 8.22. The molecule has 0 atom stereocenters. The van der Waals surface area contributed by atoms with E-state index in [0.717, 1.165) is 32.4 Å². The number of hydrogen-bond donors (Lipinski definition) is 0. The van der Waals surface area contributed by atoms with Crippen LogP contribution in [-0.4, -0.2) is 62.5 Å². The van der Waals surface area contributed by atoms with E-state index in [2.05, 4.69) is 18.9 Å². The van der Waals surface area contributed by atoms with Gasteiger partial charge in [-0.2, -0.15) is 0 Å². The van der Waals surface area contributed by atoms with Crippen molar-refractivity contribution in [2.75, 3.05) is 44.9 Å². The average Bonchev–Trinajstić information content (AvgIpc) is 2.46. The number of unbranched alkanes of at least 4 members (excludes halogenated alkanes) is 2. The van der Waals surface area contributed by atoms with Crippen LogP contribution in [-0.2, 0) is 10.0 Å². The fourth-order valence-electron chi connectivity index (χ4n) is 2.84. The summed E-state index contributed by atoms with van der Waals surface area (Å²) in [6.45, 7) is 5.83. The van der Waals surface area contributed by atoms with Crippen molar-refractivity contribution in [3.05, 3.63) is 0 Å². The van der Waals surface area contributed by atoms with Crippen molar-refractivity contribution in [2.24, 2.45) is 5.92 Å². The van der Waals surface area contributed by atoms with Crippen molar-refractivity contribution in [1.29, 1.82) is 0 Å². The molecule has 0 aromatic carbocycles. The summed E-state index contributed by atoms with van der Waals surface area (Å²) >= 11 is 5.61. The Labute approximate surface area is 135 Å². The molecule has 0 unspecified atom stereocenters.